The van der Waals surface area contributed by atoms with Gasteiger partial charge >= 0.3 is 0 Å². The summed E-state index contributed by atoms with van der Waals surface area (Å²) in [6.07, 6.45) is 8.14. The van der Waals surface area contributed by atoms with Crippen molar-refractivity contribution < 1.29 is 8.81 Å². The Bertz CT molecular complexity index is 936. The SMILES string of the molecule is Fc1ccccc1C(NCCC1=CCCCC1)c1nnc(-c2ccccc2)o1. The first kappa shape index (κ1) is 18.6. The van der Waals surface area contributed by atoms with E-state index in [0.717, 1.165) is 31.4 Å². The Morgan fingerprint density at radius 1 is 1.00 bits per heavy atom. The van der Waals surface area contributed by atoms with Gasteiger partial charge in [-0.15, -0.1) is 10.2 Å². The first-order chi connectivity index (χ1) is 13.8. The molecule has 0 spiro atoms. The molecule has 0 aliphatic heterocycles. The van der Waals surface area contributed by atoms with Gasteiger partial charge in [-0.1, -0.05) is 48.0 Å². The van der Waals surface area contributed by atoms with Crippen LogP contribution in [0.4, 0.5) is 4.39 Å². The molecule has 0 bridgehead atoms. The van der Waals surface area contributed by atoms with E-state index in [9.17, 15) is 4.39 Å². The molecule has 0 radical (unpaired) electrons. The van der Waals surface area contributed by atoms with Crippen molar-refractivity contribution in [3.8, 4) is 11.5 Å². The average molecular weight is 377 g/mol. The lowest BCUT2D eigenvalue weighted by molar-refractivity contribution is 0.428. The number of hydrogen-bond acceptors (Lipinski definition) is 4. The Morgan fingerprint density at radius 2 is 1.82 bits per heavy atom. The van der Waals surface area contributed by atoms with Gasteiger partial charge in [-0.05, 0) is 56.8 Å². The molecule has 3 aromatic rings. The van der Waals surface area contributed by atoms with Crippen molar-refractivity contribution in [3.05, 3.63) is 83.5 Å². The lowest BCUT2D eigenvalue weighted by Gasteiger charge is -2.18. The van der Waals surface area contributed by atoms with Crippen LogP contribution in [0, 0.1) is 5.82 Å². The summed E-state index contributed by atoms with van der Waals surface area (Å²) in [5.74, 6) is 0.534. The summed E-state index contributed by atoms with van der Waals surface area (Å²) in [7, 11) is 0. The van der Waals surface area contributed by atoms with E-state index in [4.69, 9.17) is 4.42 Å². The van der Waals surface area contributed by atoms with Gasteiger partial charge in [0.1, 0.15) is 11.9 Å². The van der Waals surface area contributed by atoms with Crippen molar-refractivity contribution >= 4 is 0 Å². The quantitative estimate of drug-likeness (QED) is 0.557. The van der Waals surface area contributed by atoms with Crippen LogP contribution in [0.1, 0.15) is 49.6 Å². The van der Waals surface area contributed by atoms with Gasteiger partial charge in [0.25, 0.3) is 0 Å². The maximum absolute atomic E-state index is 14.5. The number of nitrogens with zero attached hydrogens (tertiary/aromatic N) is 2. The van der Waals surface area contributed by atoms with E-state index in [1.165, 1.54) is 24.5 Å². The second-order valence-corrected chi connectivity index (χ2v) is 7.08. The fourth-order valence-electron chi connectivity index (χ4n) is 3.60. The molecule has 28 heavy (non-hydrogen) atoms. The molecule has 1 N–H and O–H groups in total. The normalized spacial score (nSPS) is 15.2. The topological polar surface area (TPSA) is 51.0 Å². The van der Waals surface area contributed by atoms with Gasteiger partial charge in [-0.3, -0.25) is 0 Å². The molecule has 144 valence electrons. The standard InChI is InChI=1S/C23H24FN3O/c24-20-14-8-7-13-19(20)21(25-16-15-17-9-3-1-4-10-17)23-27-26-22(28-23)18-11-5-2-6-12-18/h2,5-9,11-14,21,25H,1,3-4,10,15-16H2. The molecule has 4 rings (SSSR count). The highest BCUT2D eigenvalue weighted by molar-refractivity contribution is 5.51. The van der Waals surface area contributed by atoms with E-state index < -0.39 is 6.04 Å². The largest absolute Gasteiger partial charge is 0.419 e. The molecule has 1 aliphatic rings. The van der Waals surface area contributed by atoms with E-state index in [1.54, 1.807) is 12.1 Å². The minimum Gasteiger partial charge on any atom is -0.419 e. The molecule has 4 nitrogen and oxygen atoms in total. The molecule has 1 unspecified atom stereocenters. The summed E-state index contributed by atoms with van der Waals surface area (Å²) in [4.78, 5) is 0. The zero-order valence-electron chi connectivity index (χ0n) is 15.8. The molecular weight excluding hydrogens is 353 g/mol. The van der Waals surface area contributed by atoms with Crippen LogP contribution in [0.3, 0.4) is 0 Å². The van der Waals surface area contributed by atoms with E-state index in [0.29, 0.717) is 17.3 Å². The Balaban J connectivity index is 1.56. The Labute approximate surface area is 164 Å². The molecule has 0 amide bonds. The number of allylic oxidation sites excluding steroid dienone is 1. The van der Waals surface area contributed by atoms with E-state index in [2.05, 4.69) is 21.6 Å². The molecule has 0 fully saturated rings. The molecule has 2 aromatic carbocycles. The van der Waals surface area contributed by atoms with Crippen molar-refractivity contribution in [2.75, 3.05) is 6.54 Å². The van der Waals surface area contributed by atoms with Crippen molar-refractivity contribution in [2.45, 2.75) is 38.1 Å². The second kappa shape index (κ2) is 8.93. The fraction of sp³-hybridized carbons (Fsp3) is 0.304. The zero-order chi connectivity index (χ0) is 19.2. The molecular formula is C23H24FN3O. The summed E-state index contributed by atoms with van der Waals surface area (Å²) in [5, 5.41) is 11.8. The van der Waals surface area contributed by atoms with Gasteiger partial charge in [0.2, 0.25) is 11.8 Å². The number of nitrogens with one attached hydrogen (secondary N) is 1. The van der Waals surface area contributed by atoms with Gasteiger partial charge in [-0.25, -0.2) is 4.39 Å². The summed E-state index contributed by atoms with van der Waals surface area (Å²) in [6, 6.07) is 15.9. The summed E-state index contributed by atoms with van der Waals surface area (Å²) < 4.78 is 20.4. The fourth-order valence-corrected chi connectivity index (χ4v) is 3.60. The third-order valence-electron chi connectivity index (χ3n) is 5.10. The molecule has 1 heterocycles. The number of hydrogen-bond donors (Lipinski definition) is 1. The van der Waals surface area contributed by atoms with Crippen LogP contribution in [0.5, 0.6) is 0 Å². The Kier molecular flexibility index (Phi) is 5.92. The molecule has 1 atom stereocenters. The molecule has 0 saturated heterocycles. The number of benzene rings is 2. The highest BCUT2D eigenvalue weighted by Crippen LogP contribution is 2.27. The van der Waals surface area contributed by atoms with Crippen LogP contribution in [0.25, 0.3) is 11.5 Å². The smallest absolute Gasteiger partial charge is 0.247 e. The summed E-state index contributed by atoms with van der Waals surface area (Å²) in [6.45, 7) is 0.730. The van der Waals surface area contributed by atoms with Gasteiger partial charge in [0.15, 0.2) is 0 Å². The average Bonchev–Trinajstić information content (AvgIpc) is 3.23. The predicted molar refractivity (Wildman–Crippen MR) is 107 cm³/mol. The Morgan fingerprint density at radius 3 is 2.61 bits per heavy atom. The van der Waals surface area contributed by atoms with Crippen LogP contribution in [-0.4, -0.2) is 16.7 Å². The third-order valence-corrected chi connectivity index (χ3v) is 5.10. The first-order valence-corrected chi connectivity index (χ1v) is 9.86. The molecule has 0 saturated carbocycles. The maximum Gasteiger partial charge on any atom is 0.247 e. The number of halogens is 1. The van der Waals surface area contributed by atoms with E-state index >= 15 is 0 Å². The van der Waals surface area contributed by atoms with Crippen LogP contribution in [0.15, 0.2) is 70.7 Å². The summed E-state index contributed by atoms with van der Waals surface area (Å²) in [5.41, 5.74) is 2.84. The number of aromatic nitrogens is 2. The van der Waals surface area contributed by atoms with Crippen LogP contribution in [0.2, 0.25) is 0 Å². The molecule has 1 aliphatic carbocycles. The highest BCUT2D eigenvalue weighted by Gasteiger charge is 2.23. The van der Waals surface area contributed by atoms with Crippen LogP contribution >= 0.6 is 0 Å². The second-order valence-electron chi connectivity index (χ2n) is 7.08. The third kappa shape index (κ3) is 4.37. The zero-order valence-corrected chi connectivity index (χ0v) is 15.8. The lowest BCUT2D eigenvalue weighted by Crippen LogP contribution is -2.25. The van der Waals surface area contributed by atoms with Gasteiger partial charge in [0.05, 0.1) is 0 Å². The van der Waals surface area contributed by atoms with Gasteiger partial charge in [-0.2, -0.15) is 0 Å². The van der Waals surface area contributed by atoms with E-state index in [-0.39, 0.29) is 5.82 Å². The molecule has 1 aromatic heterocycles. The minimum absolute atomic E-state index is 0.281. The summed E-state index contributed by atoms with van der Waals surface area (Å²) >= 11 is 0. The minimum atomic E-state index is -0.477. The molecule has 5 heteroatoms. The Hall–Kier alpha value is -2.79. The highest BCUT2D eigenvalue weighted by atomic mass is 19.1. The monoisotopic (exact) mass is 377 g/mol. The van der Waals surface area contributed by atoms with Crippen LogP contribution < -0.4 is 5.32 Å². The predicted octanol–water partition coefficient (Wildman–Crippen LogP) is 5.45. The first-order valence-electron chi connectivity index (χ1n) is 9.86. The van der Waals surface area contributed by atoms with E-state index in [1.807, 2.05) is 36.4 Å². The van der Waals surface area contributed by atoms with Gasteiger partial charge < -0.3 is 9.73 Å². The van der Waals surface area contributed by atoms with Crippen molar-refractivity contribution in [2.24, 2.45) is 0 Å². The van der Waals surface area contributed by atoms with Crippen LogP contribution in [-0.2, 0) is 0 Å². The number of rotatable bonds is 7. The van der Waals surface area contributed by atoms with Crippen molar-refractivity contribution in [1.29, 1.82) is 0 Å². The maximum atomic E-state index is 14.5. The lowest BCUT2D eigenvalue weighted by atomic mass is 9.97. The van der Waals surface area contributed by atoms with Gasteiger partial charge in [0, 0.05) is 11.1 Å². The van der Waals surface area contributed by atoms with Crippen molar-refractivity contribution in [1.82, 2.24) is 15.5 Å². The van der Waals surface area contributed by atoms with Crippen molar-refractivity contribution in [3.63, 3.8) is 0 Å².